The topological polar surface area (TPSA) is 87.7 Å². The van der Waals surface area contributed by atoms with Crippen molar-refractivity contribution in [1.29, 1.82) is 0 Å². The molecule has 2 atom stereocenters. The largest absolute Gasteiger partial charge is 0.447 e. The molecule has 8 nitrogen and oxygen atoms in total. The van der Waals surface area contributed by atoms with E-state index in [0.717, 1.165) is 12.8 Å². The fourth-order valence-electron chi connectivity index (χ4n) is 4.44. The van der Waals surface area contributed by atoms with Crippen LogP contribution in [0.2, 0.25) is 0 Å². The quantitative estimate of drug-likeness (QED) is 0.710. The van der Waals surface area contributed by atoms with Gasteiger partial charge in [0, 0.05) is 30.9 Å². The average Bonchev–Trinajstić information content (AvgIpc) is 3.21. The van der Waals surface area contributed by atoms with Gasteiger partial charge in [-0.2, -0.15) is 4.98 Å². The first-order chi connectivity index (χ1) is 15.8. The van der Waals surface area contributed by atoms with Crippen molar-refractivity contribution >= 4 is 23.8 Å². The van der Waals surface area contributed by atoms with Crippen LogP contribution in [0.3, 0.4) is 0 Å². The van der Waals surface area contributed by atoms with Gasteiger partial charge in [0.15, 0.2) is 0 Å². The number of likely N-dealkylation sites (tertiary alicyclic amines) is 1. The second kappa shape index (κ2) is 9.72. The van der Waals surface area contributed by atoms with Crippen LogP contribution < -0.4 is 10.2 Å². The highest BCUT2D eigenvalue weighted by Gasteiger charge is 2.37. The lowest BCUT2D eigenvalue weighted by Crippen LogP contribution is -2.42. The first-order valence-corrected chi connectivity index (χ1v) is 11.4. The summed E-state index contributed by atoms with van der Waals surface area (Å²) < 4.78 is 18.4. The summed E-state index contributed by atoms with van der Waals surface area (Å²) in [5, 5.41) is 3.37. The summed E-state index contributed by atoms with van der Waals surface area (Å²) in [6.07, 6.45) is 2.94. The minimum absolute atomic E-state index is 0.0550. The van der Waals surface area contributed by atoms with Crippen LogP contribution in [0.4, 0.5) is 21.0 Å². The van der Waals surface area contributed by atoms with Crippen LogP contribution >= 0.6 is 0 Å². The van der Waals surface area contributed by atoms with Crippen molar-refractivity contribution in [2.24, 2.45) is 11.8 Å². The van der Waals surface area contributed by atoms with Gasteiger partial charge in [0.2, 0.25) is 5.95 Å². The standard InChI is InChI=1S/C24H30FN5O3/c1-15(2)20-14-33-24(32)30(20)21-8-11-26-23(28-21)27-16(3)17-9-12-29(13-10-17)22(31)18-4-6-19(25)7-5-18/h4-8,11,15-17,20H,9-10,12-14H2,1-3H3,(H,26,27,28)/t16-,20+/m0/s1. The molecular weight excluding hydrogens is 425 g/mol. The third-order valence-electron chi connectivity index (χ3n) is 6.55. The Morgan fingerprint density at radius 2 is 1.85 bits per heavy atom. The smallest absolute Gasteiger partial charge is 0.415 e. The lowest BCUT2D eigenvalue weighted by atomic mass is 9.90. The number of cyclic esters (lactones) is 1. The molecule has 1 aromatic heterocycles. The van der Waals surface area contributed by atoms with E-state index in [1.807, 2.05) is 4.90 Å². The highest BCUT2D eigenvalue weighted by atomic mass is 19.1. The summed E-state index contributed by atoms with van der Waals surface area (Å²) in [6.45, 7) is 7.82. The summed E-state index contributed by atoms with van der Waals surface area (Å²) in [5.41, 5.74) is 0.506. The van der Waals surface area contributed by atoms with Crippen molar-refractivity contribution in [3.05, 3.63) is 47.9 Å². The monoisotopic (exact) mass is 455 g/mol. The molecule has 0 bridgehead atoms. The maximum Gasteiger partial charge on any atom is 0.415 e. The van der Waals surface area contributed by atoms with Gasteiger partial charge in [-0.15, -0.1) is 0 Å². The Balaban J connectivity index is 1.35. The predicted molar refractivity (Wildman–Crippen MR) is 123 cm³/mol. The maximum atomic E-state index is 13.1. The van der Waals surface area contributed by atoms with E-state index in [9.17, 15) is 14.0 Å². The lowest BCUT2D eigenvalue weighted by Gasteiger charge is -2.35. The van der Waals surface area contributed by atoms with E-state index >= 15 is 0 Å². The molecular formula is C24H30FN5O3. The van der Waals surface area contributed by atoms with E-state index in [0.29, 0.717) is 42.9 Å². The number of rotatable bonds is 6. The number of benzene rings is 1. The molecule has 0 spiro atoms. The molecule has 2 aromatic rings. The Labute approximate surface area is 193 Å². The van der Waals surface area contributed by atoms with Crippen LogP contribution in [0.5, 0.6) is 0 Å². The number of hydrogen-bond acceptors (Lipinski definition) is 6. The zero-order chi connectivity index (χ0) is 23.5. The first-order valence-electron chi connectivity index (χ1n) is 11.4. The summed E-state index contributed by atoms with van der Waals surface area (Å²) in [5.74, 6) is 1.16. The molecule has 9 heteroatoms. The van der Waals surface area contributed by atoms with Crippen LogP contribution in [0.1, 0.15) is 44.0 Å². The Morgan fingerprint density at radius 3 is 2.52 bits per heavy atom. The van der Waals surface area contributed by atoms with Crippen molar-refractivity contribution in [2.75, 3.05) is 29.9 Å². The number of carbonyl (C=O) groups excluding carboxylic acids is 2. The van der Waals surface area contributed by atoms with Crippen molar-refractivity contribution in [1.82, 2.24) is 14.9 Å². The Morgan fingerprint density at radius 1 is 1.15 bits per heavy atom. The fourth-order valence-corrected chi connectivity index (χ4v) is 4.44. The number of amides is 2. The lowest BCUT2D eigenvalue weighted by molar-refractivity contribution is 0.0684. The summed E-state index contributed by atoms with van der Waals surface area (Å²) >= 11 is 0. The third-order valence-corrected chi connectivity index (χ3v) is 6.55. The van der Waals surface area contributed by atoms with Crippen molar-refractivity contribution in [3.8, 4) is 0 Å². The Bertz CT molecular complexity index is 992. The molecule has 0 saturated carbocycles. The van der Waals surface area contributed by atoms with E-state index in [-0.39, 0.29) is 35.8 Å². The minimum Gasteiger partial charge on any atom is -0.447 e. The number of nitrogens with one attached hydrogen (secondary N) is 1. The van der Waals surface area contributed by atoms with Gasteiger partial charge < -0.3 is 15.0 Å². The van der Waals surface area contributed by atoms with Crippen molar-refractivity contribution in [2.45, 2.75) is 45.7 Å². The average molecular weight is 456 g/mol. The Hall–Kier alpha value is -3.23. The van der Waals surface area contributed by atoms with Gasteiger partial charge in [0.05, 0.1) is 6.04 Å². The number of halogens is 1. The molecule has 2 fully saturated rings. The highest BCUT2D eigenvalue weighted by molar-refractivity contribution is 5.94. The molecule has 2 aliphatic heterocycles. The first kappa shape index (κ1) is 22.9. The van der Waals surface area contributed by atoms with Gasteiger partial charge in [-0.1, -0.05) is 13.8 Å². The number of anilines is 2. The second-order valence-corrected chi connectivity index (χ2v) is 9.07. The maximum absolute atomic E-state index is 13.1. The van der Waals surface area contributed by atoms with Crippen molar-refractivity contribution in [3.63, 3.8) is 0 Å². The fraction of sp³-hybridized carbons (Fsp3) is 0.500. The zero-order valence-corrected chi connectivity index (χ0v) is 19.2. The molecule has 0 aliphatic carbocycles. The van der Waals surface area contributed by atoms with E-state index in [4.69, 9.17) is 4.74 Å². The van der Waals surface area contributed by atoms with Crippen LogP contribution in [0, 0.1) is 17.7 Å². The molecule has 0 unspecified atom stereocenters. The number of ether oxygens (including phenoxy) is 1. The molecule has 2 aliphatic rings. The van der Waals surface area contributed by atoms with Gasteiger partial charge in [-0.25, -0.2) is 14.2 Å². The molecule has 0 radical (unpaired) electrons. The summed E-state index contributed by atoms with van der Waals surface area (Å²) in [7, 11) is 0. The number of hydrogen-bond donors (Lipinski definition) is 1. The van der Waals surface area contributed by atoms with E-state index in [1.54, 1.807) is 17.2 Å². The van der Waals surface area contributed by atoms with E-state index < -0.39 is 0 Å². The Kier molecular flexibility index (Phi) is 6.76. The van der Waals surface area contributed by atoms with Gasteiger partial charge in [0.1, 0.15) is 18.2 Å². The van der Waals surface area contributed by atoms with Crippen LogP contribution in [-0.4, -0.2) is 58.6 Å². The molecule has 3 heterocycles. The predicted octanol–water partition coefficient (Wildman–Crippen LogP) is 3.95. The van der Waals surface area contributed by atoms with E-state index in [2.05, 4.69) is 36.1 Å². The molecule has 2 saturated heterocycles. The van der Waals surface area contributed by atoms with Crippen LogP contribution in [0.15, 0.2) is 36.5 Å². The highest BCUT2D eigenvalue weighted by Crippen LogP contribution is 2.27. The number of piperidine rings is 1. The van der Waals surface area contributed by atoms with Crippen LogP contribution in [-0.2, 0) is 4.74 Å². The minimum atomic E-state index is -0.385. The molecule has 176 valence electrons. The second-order valence-electron chi connectivity index (χ2n) is 9.07. The molecule has 33 heavy (non-hydrogen) atoms. The molecule has 4 rings (SSSR count). The summed E-state index contributed by atoms with van der Waals surface area (Å²) in [6, 6.07) is 7.43. The van der Waals surface area contributed by atoms with Gasteiger partial charge in [-0.05, 0) is 61.9 Å². The number of nitrogens with zero attached hydrogens (tertiary/aromatic N) is 4. The zero-order valence-electron chi connectivity index (χ0n) is 19.2. The molecule has 2 amide bonds. The van der Waals surface area contributed by atoms with Crippen LogP contribution in [0.25, 0.3) is 0 Å². The van der Waals surface area contributed by atoms with E-state index in [1.165, 1.54) is 24.3 Å². The van der Waals surface area contributed by atoms with Gasteiger partial charge in [-0.3, -0.25) is 9.69 Å². The van der Waals surface area contributed by atoms with Gasteiger partial charge in [0.25, 0.3) is 5.91 Å². The number of aromatic nitrogens is 2. The normalized spacial score (nSPS) is 20.2. The third kappa shape index (κ3) is 5.07. The van der Waals surface area contributed by atoms with Gasteiger partial charge >= 0.3 is 6.09 Å². The van der Waals surface area contributed by atoms with Crippen molar-refractivity contribution < 1.29 is 18.7 Å². The molecule has 1 aromatic carbocycles. The molecule has 1 N–H and O–H groups in total. The SMILES string of the molecule is CC(C)[C@H]1COC(=O)N1c1ccnc(N[C@@H](C)C2CCN(C(=O)c3ccc(F)cc3)CC2)n1. The summed E-state index contributed by atoms with van der Waals surface area (Å²) in [4.78, 5) is 37.2. The number of carbonyl (C=O) groups is 2.